The second kappa shape index (κ2) is 7.96. The number of para-hydroxylation sites is 2. The second-order valence-corrected chi connectivity index (χ2v) is 8.92. The quantitative estimate of drug-likeness (QED) is 0.351. The lowest BCUT2D eigenvalue weighted by molar-refractivity contribution is -0.0210. The number of fused-ring (bicyclic) bond motifs is 4. The van der Waals surface area contributed by atoms with E-state index in [1.54, 1.807) is 0 Å². The summed E-state index contributed by atoms with van der Waals surface area (Å²) in [6.45, 7) is 4.09. The van der Waals surface area contributed by atoms with Gasteiger partial charge in [-0.1, -0.05) is 66.7 Å². The van der Waals surface area contributed by atoms with E-state index >= 15 is 0 Å². The van der Waals surface area contributed by atoms with Crippen LogP contribution in [-0.2, 0) is 0 Å². The number of benzene rings is 4. The predicted molar refractivity (Wildman–Crippen MR) is 132 cm³/mol. The molecular formula is C29H26N2O2. The minimum Gasteiger partial charge on any atom is -0.491 e. The van der Waals surface area contributed by atoms with Gasteiger partial charge >= 0.3 is 0 Å². The van der Waals surface area contributed by atoms with Gasteiger partial charge in [0.15, 0.2) is 0 Å². The van der Waals surface area contributed by atoms with E-state index in [0.717, 1.165) is 34.8 Å². The summed E-state index contributed by atoms with van der Waals surface area (Å²) < 4.78 is 12.7. The van der Waals surface area contributed by atoms with Crippen LogP contribution >= 0.6 is 0 Å². The van der Waals surface area contributed by atoms with Crippen molar-refractivity contribution in [1.29, 1.82) is 0 Å². The first-order valence-corrected chi connectivity index (χ1v) is 11.5. The van der Waals surface area contributed by atoms with Crippen LogP contribution < -0.4 is 9.47 Å². The summed E-state index contributed by atoms with van der Waals surface area (Å²) in [5.74, 6) is 1.75. The average Bonchev–Trinajstić information content (AvgIpc) is 3.29. The van der Waals surface area contributed by atoms with E-state index in [-0.39, 0.29) is 18.4 Å². The van der Waals surface area contributed by atoms with Gasteiger partial charge in [0.2, 0.25) is 6.23 Å². The van der Waals surface area contributed by atoms with Crippen molar-refractivity contribution in [2.75, 3.05) is 0 Å². The van der Waals surface area contributed by atoms with Gasteiger partial charge in [-0.05, 0) is 54.4 Å². The van der Waals surface area contributed by atoms with E-state index in [1.807, 2.05) is 38.1 Å². The fourth-order valence-corrected chi connectivity index (χ4v) is 4.83. The highest BCUT2D eigenvalue weighted by Gasteiger charge is 2.41. The monoisotopic (exact) mass is 434 g/mol. The van der Waals surface area contributed by atoms with E-state index in [1.165, 1.54) is 16.3 Å². The van der Waals surface area contributed by atoms with Crippen molar-refractivity contribution in [2.45, 2.75) is 38.6 Å². The number of hydrazone groups is 1. The van der Waals surface area contributed by atoms with Gasteiger partial charge in [0, 0.05) is 12.0 Å². The maximum atomic E-state index is 6.55. The normalized spacial score (nSPS) is 19.1. The summed E-state index contributed by atoms with van der Waals surface area (Å²) in [6, 6.07) is 31.6. The fourth-order valence-electron chi connectivity index (χ4n) is 4.83. The first-order chi connectivity index (χ1) is 16.2. The molecule has 2 aliphatic rings. The van der Waals surface area contributed by atoms with Crippen LogP contribution in [0.3, 0.4) is 0 Å². The molecule has 0 N–H and O–H groups in total. The van der Waals surface area contributed by atoms with Crippen molar-refractivity contribution in [1.82, 2.24) is 5.01 Å². The van der Waals surface area contributed by atoms with E-state index in [0.29, 0.717) is 0 Å². The molecule has 0 saturated heterocycles. The lowest BCUT2D eigenvalue weighted by Gasteiger charge is -2.38. The van der Waals surface area contributed by atoms with Crippen molar-refractivity contribution in [3.8, 4) is 11.5 Å². The van der Waals surface area contributed by atoms with Gasteiger partial charge in [-0.3, -0.25) is 0 Å². The molecule has 4 aromatic rings. The Balaban J connectivity index is 1.45. The van der Waals surface area contributed by atoms with E-state index in [2.05, 4.69) is 71.7 Å². The van der Waals surface area contributed by atoms with E-state index in [4.69, 9.17) is 14.6 Å². The van der Waals surface area contributed by atoms with E-state index in [9.17, 15) is 0 Å². The Labute approximate surface area is 194 Å². The van der Waals surface area contributed by atoms with Gasteiger partial charge in [0.25, 0.3) is 0 Å². The molecule has 0 aromatic heterocycles. The molecule has 0 saturated carbocycles. The Hall–Kier alpha value is -3.79. The Morgan fingerprint density at radius 3 is 2.42 bits per heavy atom. The van der Waals surface area contributed by atoms with Crippen LogP contribution in [0.25, 0.3) is 10.8 Å². The highest BCUT2D eigenvalue weighted by molar-refractivity contribution is 6.04. The zero-order chi connectivity index (χ0) is 22.4. The number of rotatable bonds is 4. The summed E-state index contributed by atoms with van der Waals surface area (Å²) in [4.78, 5) is 0. The molecule has 6 rings (SSSR count). The molecular weight excluding hydrogens is 408 g/mol. The van der Waals surface area contributed by atoms with Crippen LogP contribution in [0.15, 0.2) is 96.1 Å². The lowest BCUT2D eigenvalue weighted by Crippen LogP contribution is -2.34. The summed E-state index contributed by atoms with van der Waals surface area (Å²) >= 11 is 0. The largest absolute Gasteiger partial charge is 0.491 e. The first-order valence-electron chi connectivity index (χ1n) is 11.5. The highest BCUT2D eigenvalue weighted by Crippen LogP contribution is 2.48. The topological polar surface area (TPSA) is 34.1 Å². The highest BCUT2D eigenvalue weighted by atomic mass is 16.5. The summed E-state index contributed by atoms with van der Waals surface area (Å²) in [5, 5.41) is 9.72. The van der Waals surface area contributed by atoms with Gasteiger partial charge in [0.05, 0.1) is 23.4 Å². The van der Waals surface area contributed by atoms with Gasteiger partial charge in [-0.2, -0.15) is 5.10 Å². The molecule has 164 valence electrons. The fraction of sp³-hybridized carbons (Fsp3) is 0.207. The van der Waals surface area contributed by atoms with Gasteiger partial charge < -0.3 is 9.47 Å². The molecule has 0 radical (unpaired) electrons. The van der Waals surface area contributed by atoms with Crippen molar-refractivity contribution in [3.63, 3.8) is 0 Å². The third-order valence-electron chi connectivity index (χ3n) is 6.33. The predicted octanol–water partition coefficient (Wildman–Crippen LogP) is 6.87. The molecule has 33 heavy (non-hydrogen) atoms. The molecule has 0 fully saturated rings. The zero-order valence-corrected chi connectivity index (χ0v) is 18.8. The van der Waals surface area contributed by atoms with Crippen molar-refractivity contribution < 1.29 is 9.47 Å². The summed E-state index contributed by atoms with van der Waals surface area (Å²) in [5.41, 5.74) is 4.41. The molecule has 0 bridgehead atoms. The summed E-state index contributed by atoms with van der Waals surface area (Å²) in [6.07, 6.45) is 0.563. The van der Waals surface area contributed by atoms with Crippen LogP contribution in [0.1, 0.15) is 49.2 Å². The molecule has 4 aromatic carbocycles. The third-order valence-corrected chi connectivity index (χ3v) is 6.33. The Bertz CT molecular complexity index is 1360. The van der Waals surface area contributed by atoms with Crippen molar-refractivity contribution >= 4 is 16.5 Å². The zero-order valence-electron chi connectivity index (χ0n) is 18.8. The van der Waals surface area contributed by atoms with Crippen LogP contribution in [0.4, 0.5) is 0 Å². The van der Waals surface area contributed by atoms with E-state index < -0.39 is 0 Å². The molecule has 0 spiro atoms. The molecule has 0 amide bonds. The Kier molecular flexibility index (Phi) is 4.79. The molecule has 4 heteroatoms. The molecule has 2 unspecified atom stereocenters. The van der Waals surface area contributed by atoms with Crippen LogP contribution in [0, 0.1) is 0 Å². The minimum atomic E-state index is -0.349. The van der Waals surface area contributed by atoms with Crippen LogP contribution in [-0.4, -0.2) is 16.8 Å². The van der Waals surface area contributed by atoms with Gasteiger partial charge in [-0.15, -0.1) is 0 Å². The van der Waals surface area contributed by atoms with Gasteiger partial charge in [0.1, 0.15) is 11.5 Å². The maximum absolute atomic E-state index is 6.55. The number of ether oxygens (including phenoxy) is 2. The Morgan fingerprint density at radius 2 is 1.58 bits per heavy atom. The van der Waals surface area contributed by atoms with Crippen LogP contribution in [0.5, 0.6) is 11.5 Å². The smallest absolute Gasteiger partial charge is 0.217 e. The number of hydrogen-bond donors (Lipinski definition) is 0. The van der Waals surface area contributed by atoms with Crippen molar-refractivity contribution in [3.05, 3.63) is 108 Å². The standard InChI is InChI=1S/C29H26N2O2/c1-19(2)32-28-14-8-6-12-24(28)29-31-26(23-11-5-7-13-27(23)33-29)18-25(30-31)22-16-15-20-9-3-4-10-21(20)17-22/h3-17,19,26,29H,18H2,1-2H3. The third kappa shape index (κ3) is 3.52. The Morgan fingerprint density at radius 1 is 0.848 bits per heavy atom. The number of hydrogen-bond acceptors (Lipinski definition) is 4. The molecule has 0 aliphatic carbocycles. The maximum Gasteiger partial charge on any atom is 0.217 e. The molecule has 2 aliphatic heterocycles. The second-order valence-electron chi connectivity index (χ2n) is 8.92. The minimum absolute atomic E-state index is 0.0769. The lowest BCUT2D eigenvalue weighted by atomic mass is 9.95. The molecule has 4 nitrogen and oxygen atoms in total. The molecule has 2 atom stereocenters. The van der Waals surface area contributed by atoms with Crippen LogP contribution in [0.2, 0.25) is 0 Å². The first kappa shape index (κ1) is 19.9. The average molecular weight is 435 g/mol. The summed E-state index contributed by atoms with van der Waals surface area (Å²) in [7, 11) is 0. The van der Waals surface area contributed by atoms with Crippen molar-refractivity contribution in [2.24, 2.45) is 5.10 Å². The SMILES string of the molecule is CC(C)Oc1ccccc1C1Oc2ccccc2C2CC(c3ccc4ccccc4c3)=NN21. The number of nitrogens with zero attached hydrogens (tertiary/aromatic N) is 2. The molecule has 2 heterocycles. The van der Waals surface area contributed by atoms with Gasteiger partial charge in [-0.25, -0.2) is 5.01 Å².